The second-order valence-corrected chi connectivity index (χ2v) is 4.46. The highest BCUT2D eigenvalue weighted by Crippen LogP contribution is 2.18. The van der Waals surface area contributed by atoms with Crippen LogP contribution in [0, 0.1) is 13.8 Å². The number of rotatable bonds is 4. The molecule has 2 rings (SSSR count). The molecule has 0 fully saturated rings. The summed E-state index contributed by atoms with van der Waals surface area (Å²) in [6.45, 7) is 4.84. The molecule has 0 aliphatic carbocycles. The van der Waals surface area contributed by atoms with Crippen LogP contribution in [-0.2, 0) is 13.2 Å². The van der Waals surface area contributed by atoms with E-state index in [1.807, 2.05) is 24.3 Å². The molecule has 94 valence electrons. The van der Waals surface area contributed by atoms with Crippen LogP contribution in [0.15, 0.2) is 42.5 Å². The van der Waals surface area contributed by atoms with Gasteiger partial charge in [0.25, 0.3) is 0 Å². The molecular weight excluding hydrogens is 224 g/mol. The SMILES string of the molecule is Cc1cccc(C)c1COc1ccc(CO)cc1. The smallest absolute Gasteiger partial charge is 0.119 e. The number of hydrogen-bond donors (Lipinski definition) is 1. The van der Waals surface area contributed by atoms with Crippen molar-refractivity contribution >= 4 is 0 Å². The van der Waals surface area contributed by atoms with Gasteiger partial charge >= 0.3 is 0 Å². The van der Waals surface area contributed by atoms with Crippen molar-refractivity contribution in [3.8, 4) is 5.75 Å². The van der Waals surface area contributed by atoms with E-state index in [1.54, 1.807) is 0 Å². The molecule has 2 aromatic carbocycles. The lowest BCUT2D eigenvalue weighted by Gasteiger charge is -2.11. The van der Waals surface area contributed by atoms with Gasteiger partial charge in [0.1, 0.15) is 12.4 Å². The lowest BCUT2D eigenvalue weighted by atomic mass is 10.0. The molecule has 2 nitrogen and oxygen atoms in total. The standard InChI is InChI=1S/C16H18O2/c1-12-4-3-5-13(2)16(12)11-18-15-8-6-14(10-17)7-9-15/h3-9,17H,10-11H2,1-2H3. The molecule has 0 unspecified atom stereocenters. The first-order valence-corrected chi connectivity index (χ1v) is 6.08. The summed E-state index contributed by atoms with van der Waals surface area (Å²) in [6, 6.07) is 13.8. The minimum atomic E-state index is 0.0666. The molecule has 0 radical (unpaired) electrons. The van der Waals surface area contributed by atoms with E-state index in [1.165, 1.54) is 16.7 Å². The Kier molecular flexibility index (Phi) is 4.00. The van der Waals surface area contributed by atoms with Crippen LogP contribution in [0.5, 0.6) is 5.75 Å². The van der Waals surface area contributed by atoms with E-state index in [2.05, 4.69) is 32.0 Å². The second kappa shape index (κ2) is 5.69. The van der Waals surface area contributed by atoms with Gasteiger partial charge < -0.3 is 9.84 Å². The molecule has 0 atom stereocenters. The molecule has 18 heavy (non-hydrogen) atoms. The maximum atomic E-state index is 8.97. The van der Waals surface area contributed by atoms with Crippen LogP contribution >= 0.6 is 0 Å². The molecule has 0 heterocycles. The van der Waals surface area contributed by atoms with Gasteiger partial charge in [-0.15, -0.1) is 0 Å². The van der Waals surface area contributed by atoms with Crippen molar-refractivity contribution < 1.29 is 9.84 Å². The van der Waals surface area contributed by atoms with Gasteiger partial charge in [0, 0.05) is 0 Å². The summed E-state index contributed by atoms with van der Waals surface area (Å²) in [6.07, 6.45) is 0. The minimum Gasteiger partial charge on any atom is -0.489 e. The highest BCUT2D eigenvalue weighted by Gasteiger charge is 2.03. The predicted molar refractivity (Wildman–Crippen MR) is 72.6 cm³/mol. The van der Waals surface area contributed by atoms with Gasteiger partial charge in [-0.3, -0.25) is 0 Å². The summed E-state index contributed by atoms with van der Waals surface area (Å²) in [5, 5.41) is 8.97. The van der Waals surface area contributed by atoms with Gasteiger partial charge in [0.2, 0.25) is 0 Å². The first-order chi connectivity index (χ1) is 8.70. The molecule has 0 aliphatic rings. The van der Waals surface area contributed by atoms with Gasteiger partial charge in [-0.1, -0.05) is 30.3 Å². The van der Waals surface area contributed by atoms with Gasteiger partial charge in [0.05, 0.1) is 6.61 Å². The maximum absolute atomic E-state index is 8.97. The molecule has 0 amide bonds. The Bertz CT molecular complexity index is 495. The van der Waals surface area contributed by atoms with Gasteiger partial charge in [-0.05, 0) is 48.2 Å². The zero-order chi connectivity index (χ0) is 13.0. The molecule has 1 N–H and O–H groups in total. The van der Waals surface area contributed by atoms with Crippen molar-refractivity contribution in [2.75, 3.05) is 0 Å². The van der Waals surface area contributed by atoms with Crippen molar-refractivity contribution in [3.05, 3.63) is 64.7 Å². The Morgan fingerprint density at radius 2 is 1.56 bits per heavy atom. The lowest BCUT2D eigenvalue weighted by Crippen LogP contribution is -2.00. The number of aryl methyl sites for hydroxylation is 2. The Labute approximate surface area is 108 Å². The number of aliphatic hydroxyl groups is 1. The summed E-state index contributed by atoms with van der Waals surface area (Å²) in [4.78, 5) is 0. The van der Waals surface area contributed by atoms with E-state index < -0.39 is 0 Å². The Balaban J connectivity index is 2.06. The van der Waals surface area contributed by atoms with Crippen LogP contribution in [0.25, 0.3) is 0 Å². The van der Waals surface area contributed by atoms with Crippen LogP contribution < -0.4 is 4.74 Å². The maximum Gasteiger partial charge on any atom is 0.119 e. The average molecular weight is 242 g/mol. The zero-order valence-corrected chi connectivity index (χ0v) is 10.8. The minimum absolute atomic E-state index is 0.0666. The highest BCUT2D eigenvalue weighted by molar-refractivity contribution is 5.34. The fourth-order valence-corrected chi connectivity index (χ4v) is 1.92. The molecule has 0 aliphatic heterocycles. The fourth-order valence-electron chi connectivity index (χ4n) is 1.92. The Hall–Kier alpha value is -1.80. The summed E-state index contributed by atoms with van der Waals surface area (Å²) < 4.78 is 5.77. The number of hydrogen-bond acceptors (Lipinski definition) is 2. The van der Waals surface area contributed by atoms with Crippen LogP contribution in [0.1, 0.15) is 22.3 Å². The van der Waals surface area contributed by atoms with Crippen LogP contribution in [0.4, 0.5) is 0 Å². The molecule has 0 aromatic heterocycles. The van der Waals surface area contributed by atoms with E-state index >= 15 is 0 Å². The molecule has 0 saturated heterocycles. The molecule has 2 heteroatoms. The normalized spacial score (nSPS) is 10.4. The molecule has 0 bridgehead atoms. The molecule has 0 spiro atoms. The van der Waals surface area contributed by atoms with Crippen molar-refractivity contribution in [1.82, 2.24) is 0 Å². The Morgan fingerprint density at radius 1 is 0.944 bits per heavy atom. The summed E-state index contributed by atoms with van der Waals surface area (Å²) in [5.74, 6) is 0.829. The highest BCUT2D eigenvalue weighted by atomic mass is 16.5. The molecular formula is C16H18O2. The van der Waals surface area contributed by atoms with E-state index in [0.717, 1.165) is 11.3 Å². The first kappa shape index (κ1) is 12.7. The Morgan fingerprint density at radius 3 is 2.11 bits per heavy atom. The van der Waals surface area contributed by atoms with Crippen molar-refractivity contribution in [2.24, 2.45) is 0 Å². The third-order valence-corrected chi connectivity index (χ3v) is 3.13. The second-order valence-electron chi connectivity index (χ2n) is 4.46. The predicted octanol–water partition coefficient (Wildman–Crippen LogP) is 3.37. The monoisotopic (exact) mass is 242 g/mol. The van der Waals surface area contributed by atoms with Gasteiger partial charge in [0.15, 0.2) is 0 Å². The van der Waals surface area contributed by atoms with Crippen LogP contribution in [0.3, 0.4) is 0 Å². The lowest BCUT2D eigenvalue weighted by molar-refractivity contribution is 0.280. The first-order valence-electron chi connectivity index (χ1n) is 6.08. The summed E-state index contributed by atoms with van der Waals surface area (Å²) in [7, 11) is 0. The molecule has 2 aromatic rings. The summed E-state index contributed by atoms with van der Waals surface area (Å²) in [5.41, 5.74) is 4.64. The van der Waals surface area contributed by atoms with Crippen molar-refractivity contribution in [3.63, 3.8) is 0 Å². The third-order valence-electron chi connectivity index (χ3n) is 3.13. The van der Waals surface area contributed by atoms with Crippen LogP contribution in [0.2, 0.25) is 0 Å². The van der Waals surface area contributed by atoms with Crippen LogP contribution in [-0.4, -0.2) is 5.11 Å². The van der Waals surface area contributed by atoms with Crippen molar-refractivity contribution in [2.45, 2.75) is 27.1 Å². The molecule has 0 saturated carbocycles. The van der Waals surface area contributed by atoms with E-state index in [4.69, 9.17) is 9.84 Å². The van der Waals surface area contributed by atoms with E-state index in [9.17, 15) is 0 Å². The van der Waals surface area contributed by atoms with E-state index in [0.29, 0.717) is 6.61 Å². The number of ether oxygens (including phenoxy) is 1. The van der Waals surface area contributed by atoms with Gasteiger partial charge in [-0.25, -0.2) is 0 Å². The zero-order valence-electron chi connectivity index (χ0n) is 10.8. The topological polar surface area (TPSA) is 29.5 Å². The van der Waals surface area contributed by atoms with Gasteiger partial charge in [-0.2, -0.15) is 0 Å². The quantitative estimate of drug-likeness (QED) is 0.890. The average Bonchev–Trinajstić information content (AvgIpc) is 2.39. The van der Waals surface area contributed by atoms with E-state index in [-0.39, 0.29) is 6.61 Å². The largest absolute Gasteiger partial charge is 0.489 e. The van der Waals surface area contributed by atoms with Crippen molar-refractivity contribution in [1.29, 1.82) is 0 Å². The summed E-state index contributed by atoms with van der Waals surface area (Å²) >= 11 is 0. The number of aliphatic hydroxyl groups excluding tert-OH is 1. The fraction of sp³-hybridized carbons (Fsp3) is 0.250. The number of benzene rings is 2. The third kappa shape index (κ3) is 2.90.